The third-order valence-electron chi connectivity index (χ3n) is 2.34. The van der Waals surface area contributed by atoms with Crippen molar-refractivity contribution in [3.63, 3.8) is 0 Å². The molecule has 0 bridgehead atoms. The van der Waals surface area contributed by atoms with Crippen molar-refractivity contribution in [1.29, 1.82) is 0 Å². The highest BCUT2D eigenvalue weighted by Crippen LogP contribution is 2.36. The lowest BCUT2D eigenvalue weighted by Gasteiger charge is -2.18. The van der Waals surface area contributed by atoms with Crippen LogP contribution in [0.2, 0.25) is 0 Å². The maximum Gasteiger partial charge on any atom is 0.274 e. The Labute approximate surface area is 89.6 Å². The lowest BCUT2D eigenvalue weighted by molar-refractivity contribution is -0.385. The van der Waals surface area contributed by atoms with Crippen LogP contribution in [0.4, 0.5) is 11.4 Å². The zero-order chi connectivity index (χ0) is 10.1. The van der Waals surface area contributed by atoms with Gasteiger partial charge in [-0.15, -0.1) is 0 Å². The van der Waals surface area contributed by atoms with Gasteiger partial charge in [-0.25, -0.2) is 0 Å². The molecule has 0 saturated heterocycles. The zero-order valence-electron chi connectivity index (χ0n) is 7.42. The Morgan fingerprint density at radius 1 is 1.50 bits per heavy atom. The van der Waals surface area contributed by atoms with Crippen molar-refractivity contribution in [2.24, 2.45) is 0 Å². The fourth-order valence-electron chi connectivity index (χ4n) is 1.70. The predicted octanol–water partition coefficient (Wildman–Crippen LogP) is 2.72. The largest absolute Gasteiger partial charge is 0.384 e. The second-order valence-corrected chi connectivity index (χ2v) is 4.06. The van der Waals surface area contributed by atoms with Crippen LogP contribution in [-0.4, -0.2) is 11.5 Å². The molecule has 74 valence electrons. The minimum atomic E-state index is -0.321. The van der Waals surface area contributed by atoms with Crippen molar-refractivity contribution in [3.8, 4) is 0 Å². The van der Waals surface area contributed by atoms with Crippen molar-refractivity contribution < 1.29 is 4.92 Å². The van der Waals surface area contributed by atoms with E-state index in [1.165, 1.54) is 0 Å². The van der Waals surface area contributed by atoms with Crippen molar-refractivity contribution in [1.82, 2.24) is 0 Å². The standard InChI is InChI=1S/C9H9BrN2O2/c10-7-3-4-8(12(13)14)6-2-1-5-11-9(6)7/h3-4,11H,1-2,5H2. The number of hydrogen-bond donors (Lipinski definition) is 1. The minimum absolute atomic E-state index is 0.218. The Morgan fingerprint density at radius 3 is 3.00 bits per heavy atom. The number of hydrogen-bond acceptors (Lipinski definition) is 3. The summed E-state index contributed by atoms with van der Waals surface area (Å²) in [6, 6.07) is 3.27. The molecule has 0 atom stereocenters. The molecular formula is C9H9BrN2O2. The molecule has 1 heterocycles. The van der Waals surface area contributed by atoms with Gasteiger partial charge in [0.1, 0.15) is 0 Å². The zero-order valence-corrected chi connectivity index (χ0v) is 9.00. The molecule has 1 aromatic carbocycles. The fourth-order valence-corrected chi connectivity index (χ4v) is 2.21. The van der Waals surface area contributed by atoms with Crippen molar-refractivity contribution in [2.75, 3.05) is 11.9 Å². The van der Waals surface area contributed by atoms with Crippen LogP contribution in [0.1, 0.15) is 12.0 Å². The lowest BCUT2D eigenvalue weighted by Crippen LogP contribution is -2.13. The first-order valence-electron chi connectivity index (χ1n) is 4.40. The van der Waals surface area contributed by atoms with Gasteiger partial charge in [0.25, 0.3) is 5.69 Å². The average Bonchev–Trinajstić information content (AvgIpc) is 2.18. The van der Waals surface area contributed by atoms with Crippen LogP contribution in [0.15, 0.2) is 16.6 Å². The van der Waals surface area contributed by atoms with Crippen LogP contribution in [0.3, 0.4) is 0 Å². The second-order valence-electron chi connectivity index (χ2n) is 3.21. The summed E-state index contributed by atoms with van der Waals surface area (Å²) in [7, 11) is 0. The van der Waals surface area contributed by atoms with E-state index in [-0.39, 0.29) is 10.6 Å². The average molecular weight is 257 g/mol. The fraction of sp³-hybridized carbons (Fsp3) is 0.333. The number of nitro benzene ring substituents is 1. The summed E-state index contributed by atoms with van der Waals surface area (Å²) in [6.07, 6.45) is 1.72. The number of benzene rings is 1. The van der Waals surface area contributed by atoms with Gasteiger partial charge in [-0.05, 0) is 34.8 Å². The topological polar surface area (TPSA) is 55.2 Å². The molecule has 0 unspecified atom stereocenters. The van der Waals surface area contributed by atoms with Crippen molar-refractivity contribution >= 4 is 27.3 Å². The Balaban J connectivity index is 2.59. The van der Waals surface area contributed by atoms with Crippen LogP contribution in [-0.2, 0) is 6.42 Å². The maximum absolute atomic E-state index is 10.7. The Bertz CT molecular complexity index is 393. The van der Waals surface area contributed by atoms with Crippen LogP contribution in [0.25, 0.3) is 0 Å². The van der Waals surface area contributed by atoms with E-state index < -0.39 is 0 Å². The van der Waals surface area contributed by atoms with Gasteiger partial charge in [0.05, 0.1) is 16.2 Å². The molecule has 0 aromatic heterocycles. The molecule has 1 N–H and O–H groups in total. The Morgan fingerprint density at radius 2 is 2.29 bits per heavy atom. The van der Waals surface area contributed by atoms with Gasteiger partial charge in [0.15, 0.2) is 0 Å². The molecule has 1 aliphatic rings. The number of nitrogens with zero attached hydrogens (tertiary/aromatic N) is 1. The molecule has 4 nitrogen and oxygen atoms in total. The van der Waals surface area contributed by atoms with Gasteiger partial charge in [0.2, 0.25) is 0 Å². The van der Waals surface area contributed by atoms with E-state index in [4.69, 9.17) is 0 Å². The van der Waals surface area contributed by atoms with Gasteiger partial charge in [-0.3, -0.25) is 10.1 Å². The van der Waals surface area contributed by atoms with E-state index in [9.17, 15) is 10.1 Å². The van der Waals surface area contributed by atoms with Crippen LogP contribution >= 0.6 is 15.9 Å². The third kappa shape index (κ3) is 1.48. The highest BCUT2D eigenvalue weighted by Gasteiger charge is 2.21. The first-order valence-corrected chi connectivity index (χ1v) is 5.19. The van der Waals surface area contributed by atoms with E-state index in [2.05, 4.69) is 21.2 Å². The molecule has 14 heavy (non-hydrogen) atoms. The molecule has 2 rings (SSSR count). The van der Waals surface area contributed by atoms with Gasteiger partial charge in [-0.1, -0.05) is 0 Å². The molecule has 0 amide bonds. The van der Waals surface area contributed by atoms with E-state index in [1.54, 1.807) is 12.1 Å². The highest BCUT2D eigenvalue weighted by atomic mass is 79.9. The monoisotopic (exact) mass is 256 g/mol. The molecule has 0 fully saturated rings. The molecule has 0 saturated carbocycles. The summed E-state index contributed by atoms with van der Waals surface area (Å²) in [5.74, 6) is 0. The SMILES string of the molecule is O=[N+]([O-])c1ccc(Br)c2c1CCCN2. The maximum atomic E-state index is 10.7. The van der Waals surface area contributed by atoms with E-state index in [0.717, 1.165) is 35.1 Å². The molecule has 1 aliphatic heterocycles. The van der Waals surface area contributed by atoms with Crippen molar-refractivity contribution in [3.05, 3.63) is 32.3 Å². The summed E-state index contributed by atoms with van der Waals surface area (Å²) in [5.41, 5.74) is 1.91. The minimum Gasteiger partial charge on any atom is -0.384 e. The number of halogens is 1. The summed E-state index contributed by atoms with van der Waals surface area (Å²) < 4.78 is 0.901. The first kappa shape index (κ1) is 9.45. The quantitative estimate of drug-likeness (QED) is 0.621. The first-order chi connectivity index (χ1) is 6.70. The van der Waals surface area contributed by atoms with Gasteiger partial charge in [0, 0.05) is 17.1 Å². The second kappa shape index (κ2) is 3.57. The third-order valence-corrected chi connectivity index (χ3v) is 3.00. The van der Waals surface area contributed by atoms with Gasteiger partial charge < -0.3 is 5.32 Å². The van der Waals surface area contributed by atoms with Gasteiger partial charge in [-0.2, -0.15) is 0 Å². The molecular weight excluding hydrogens is 248 g/mol. The smallest absolute Gasteiger partial charge is 0.274 e. The lowest BCUT2D eigenvalue weighted by atomic mass is 10.0. The summed E-state index contributed by atoms with van der Waals surface area (Å²) in [5, 5.41) is 13.9. The van der Waals surface area contributed by atoms with E-state index in [0.29, 0.717) is 0 Å². The van der Waals surface area contributed by atoms with Crippen LogP contribution in [0, 0.1) is 10.1 Å². The summed E-state index contributed by atoms with van der Waals surface area (Å²) in [4.78, 5) is 10.4. The van der Waals surface area contributed by atoms with Crippen molar-refractivity contribution in [2.45, 2.75) is 12.8 Å². The Hall–Kier alpha value is -1.10. The van der Waals surface area contributed by atoms with Gasteiger partial charge >= 0.3 is 0 Å². The number of nitro groups is 1. The molecule has 0 aliphatic carbocycles. The molecule has 0 spiro atoms. The van der Waals surface area contributed by atoms with E-state index in [1.807, 2.05) is 0 Å². The van der Waals surface area contributed by atoms with Crippen LogP contribution in [0.5, 0.6) is 0 Å². The Kier molecular flexibility index (Phi) is 2.41. The summed E-state index contributed by atoms with van der Waals surface area (Å²) >= 11 is 3.38. The molecule has 0 radical (unpaired) electrons. The highest BCUT2D eigenvalue weighted by molar-refractivity contribution is 9.10. The molecule has 1 aromatic rings. The normalized spacial score (nSPS) is 14.4. The number of rotatable bonds is 1. The summed E-state index contributed by atoms with van der Waals surface area (Å²) in [6.45, 7) is 0.882. The number of fused-ring (bicyclic) bond motifs is 1. The number of nitrogens with one attached hydrogen (secondary N) is 1. The number of anilines is 1. The van der Waals surface area contributed by atoms with Crippen LogP contribution < -0.4 is 5.32 Å². The predicted molar refractivity (Wildman–Crippen MR) is 57.6 cm³/mol. The van der Waals surface area contributed by atoms with E-state index >= 15 is 0 Å². The molecule has 5 heteroatoms.